The van der Waals surface area contributed by atoms with Gasteiger partial charge in [-0.3, -0.25) is 0 Å². The highest BCUT2D eigenvalue weighted by molar-refractivity contribution is 6.42. The molecule has 0 atom stereocenters. The van der Waals surface area contributed by atoms with Crippen molar-refractivity contribution < 1.29 is 4.74 Å². The van der Waals surface area contributed by atoms with Crippen LogP contribution >= 0.6 is 23.2 Å². The monoisotopic (exact) mass is 296 g/mol. The van der Waals surface area contributed by atoms with Crippen molar-refractivity contribution >= 4 is 28.9 Å². The van der Waals surface area contributed by atoms with Crippen molar-refractivity contribution in [3.8, 4) is 5.88 Å². The summed E-state index contributed by atoms with van der Waals surface area (Å²) < 4.78 is 5.87. The molecule has 0 amide bonds. The molecule has 2 rings (SSSR count). The number of halogens is 2. The quantitative estimate of drug-likeness (QED) is 0.919. The number of nitrogens with zero attached hydrogens (tertiary/aromatic N) is 1. The summed E-state index contributed by atoms with van der Waals surface area (Å²) in [5.74, 6) is 0.505. The summed E-state index contributed by atoms with van der Waals surface area (Å²) in [6.07, 6.45) is 1.56. The van der Waals surface area contributed by atoms with E-state index in [1.807, 2.05) is 19.9 Å². The van der Waals surface area contributed by atoms with Crippen molar-refractivity contribution in [2.45, 2.75) is 19.4 Å². The Morgan fingerprint density at radius 1 is 1.11 bits per heavy atom. The zero-order valence-corrected chi connectivity index (χ0v) is 12.2. The lowest BCUT2D eigenvalue weighted by atomic mass is 9.98. The van der Waals surface area contributed by atoms with Gasteiger partial charge in [-0.2, -0.15) is 0 Å². The third-order valence-corrected chi connectivity index (χ3v) is 3.47. The Kier molecular flexibility index (Phi) is 3.88. The second-order valence-corrected chi connectivity index (χ2v) is 5.49. The number of ether oxygens (including phenoxy) is 1. The van der Waals surface area contributed by atoms with Crippen LogP contribution in [0.3, 0.4) is 0 Å². The van der Waals surface area contributed by atoms with Crippen LogP contribution in [0.15, 0.2) is 36.5 Å². The highest BCUT2D eigenvalue weighted by Crippen LogP contribution is 2.31. The summed E-state index contributed by atoms with van der Waals surface area (Å²) in [4.78, 5) is 4.12. The first-order valence-electron chi connectivity index (χ1n) is 5.74. The van der Waals surface area contributed by atoms with E-state index >= 15 is 0 Å². The first-order valence-corrected chi connectivity index (χ1v) is 6.50. The number of benzene rings is 1. The van der Waals surface area contributed by atoms with Gasteiger partial charge < -0.3 is 10.5 Å². The lowest BCUT2D eigenvalue weighted by molar-refractivity contribution is 0.102. The van der Waals surface area contributed by atoms with Crippen molar-refractivity contribution in [1.82, 2.24) is 4.98 Å². The first kappa shape index (κ1) is 14.0. The van der Waals surface area contributed by atoms with E-state index in [0.29, 0.717) is 21.6 Å². The van der Waals surface area contributed by atoms with Crippen LogP contribution in [0.1, 0.15) is 19.4 Å². The van der Waals surface area contributed by atoms with Gasteiger partial charge in [0.25, 0.3) is 0 Å². The maximum atomic E-state index is 6.02. The molecule has 0 aliphatic carbocycles. The Bertz CT molecular complexity index is 582. The highest BCUT2D eigenvalue weighted by Gasteiger charge is 2.24. The number of nitrogens with two attached hydrogens (primary N) is 1. The Morgan fingerprint density at radius 3 is 2.42 bits per heavy atom. The Morgan fingerprint density at radius 2 is 1.84 bits per heavy atom. The molecule has 1 heterocycles. The predicted molar refractivity (Wildman–Crippen MR) is 78.8 cm³/mol. The Labute approximate surface area is 122 Å². The first-order chi connectivity index (χ1) is 8.88. The molecule has 0 aliphatic rings. The largest absolute Gasteiger partial charge is 0.467 e. The van der Waals surface area contributed by atoms with Gasteiger partial charge in [-0.15, -0.1) is 0 Å². The van der Waals surface area contributed by atoms with Crippen LogP contribution in [0.25, 0.3) is 0 Å². The summed E-state index contributed by atoms with van der Waals surface area (Å²) in [6.45, 7) is 3.87. The molecule has 0 saturated carbocycles. The number of hydrogen-bond acceptors (Lipinski definition) is 3. The maximum absolute atomic E-state index is 6.02. The second kappa shape index (κ2) is 5.27. The van der Waals surface area contributed by atoms with E-state index in [2.05, 4.69) is 4.98 Å². The third kappa shape index (κ3) is 3.31. The number of pyridine rings is 1. The Balaban J connectivity index is 2.26. The van der Waals surface area contributed by atoms with Crippen LogP contribution in [0.4, 0.5) is 5.69 Å². The van der Waals surface area contributed by atoms with Gasteiger partial charge in [0.15, 0.2) is 0 Å². The van der Waals surface area contributed by atoms with Crippen LogP contribution in [-0.2, 0) is 5.60 Å². The molecular formula is C14H14Cl2N2O. The molecule has 100 valence electrons. The molecule has 1 aromatic carbocycles. The summed E-state index contributed by atoms with van der Waals surface area (Å²) in [6, 6.07) is 8.90. The summed E-state index contributed by atoms with van der Waals surface area (Å²) >= 11 is 11.9. The van der Waals surface area contributed by atoms with Crippen LogP contribution in [0.2, 0.25) is 10.0 Å². The van der Waals surface area contributed by atoms with E-state index < -0.39 is 5.60 Å². The Hall–Kier alpha value is -1.45. The third-order valence-electron chi connectivity index (χ3n) is 2.73. The fraction of sp³-hybridized carbons (Fsp3) is 0.214. The minimum Gasteiger partial charge on any atom is -0.467 e. The topological polar surface area (TPSA) is 48.1 Å². The molecule has 3 nitrogen and oxygen atoms in total. The van der Waals surface area contributed by atoms with Crippen molar-refractivity contribution in [3.63, 3.8) is 0 Å². The molecule has 0 radical (unpaired) electrons. The van der Waals surface area contributed by atoms with Gasteiger partial charge in [-0.05, 0) is 37.6 Å². The van der Waals surface area contributed by atoms with Gasteiger partial charge >= 0.3 is 0 Å². The SMILES string of the molecule is CC(C)(Oc1ccc(N)cn1)c1ccc(Cl)c(Cl)c1. The fourth-order valence-electron chi connectivity index (χ4n) is 1.64. The van der Waals surface area contributed by atoms with Crippen molar-refractivity contribution in [2.75, 3.05) is 5.73 Å². The molecule has 0 spiro atoms. The number of nitrogen functional groups attached to an aromatic ring is 1. The molecule has 2 N–H and O–H groups in total. The zero-order chi connectivity index (χ0) is 14.0. The molecule has 2 aromatic rings. The molecule has 0 aliphatic heterocycles. The lowest BCUT2D eigenvalue weighted by Gasteiger charge is -2.26. The number of rotatable bonds is 3. The van der Waals surface area contributed by atoms with E-state index in [1.54, 1.807) is 30.5 Å². The van der Waals surface area contributed by atoms with Gasteiger partial charge in [0, 0.05) is 6.07 Å². The van der Waals surface area contributed by atoms with Crippen molar-refractivity contribution in [2.24, 2.45) is 0 Å². The normalized spacial score (nSPS) is 11.4. The van der Waals surface area contributed by atoms with Crippen LogP contribution in [-0.4, -0.2) is 4.98 Å². The van der Waals surface area contributed by atoms with E-state index in [9.17, 15) is 0 Å². The van der Waals surface area contributed by atoms with E-state index in [0.717, 1.165) is 5.56 Å². The van der Waals surface area contributed by atoms with Crippen LogP contribution < -0.4 is 10.5 Å². The number of aromatic nitrogens is 1. The average molecular weight is 297 g/mol. The maximum Gasteiger partial charge on any atom is 0.214 e. The lowest BCUT2D eigenvalue weighted by Crippen LogP contribution is -2.25. The summed E-state index contributed by atoms with van der Waals surface area (Å²) in [5.41, 5.74) is 6.53. The van der Waals surface area contributed by atoms with E-state index in [-0.39, 0.29) is 0 Å². The highest BCUT2D eigenvalue weighted by atomic mass is 35.5. The van der Waals surface area contributed by atoms with Crippen LogP contribution in [0.5, 0.6) is 5.88 Å². The second-order valence-electron chi connectivity index (χ2n) is 4.67. The number of anilines is 1. The average Bonchev–Trinajstić information content (AvgIpc) is 2.35. The van der Waals surface area contributed by atoms with Gasteiger partial charge in [-0.25, -0.2) is 4.98 Å². The minimum absolute atomic E-state index is 0.501. The van der Waals surface area contributed by atoms with Crippen LogP contribution in [0, 0.1) is 0 Å². The fourth-order valence-corrected chi connectivity index (χ4v) is 1.94. The van der Waals surface area contributed by atoms with Crippen molar-refractivity contribution in [3.05, 3.63) is 52.1 Å². The standard InChI is InChI=1S/C14H14Cl2N2O/c1-14(2,9-3-5-11(15)12(16)7-9)19-13-6-4-10(17)8-18-13/h3-8H,17H2,1-2H3. The van der Waals surface area contributed by atoms with Gasteiger partial charge in [0.2, 0.25) is 5.88 Å². The predicted octanol–water partition coefficient (Wildman–Crippen LogP) is 4.28. The summed E-state index contributed by atoms with van der Waals surface area (Å²) in [5, 5.41) is 1.02. The minimum atomic E-state index is -0.572. The molecule has 0 bridgehead atoms. The van der Waals surface area contributed by atoms with E-state index in [4.69, 9.17) is 33.7 Å². The molecular weight excluding hydrogens is 283 g/mol. The smallest absolute Gasteiger partial charge is 0.214 e. The molecule has 0 saturated heterocycles. The van der Waals surface area contributed by atoms with Gasteiger partial charge in [-0.1, -0.05) is 29.3 Å². The van der Waals surface area contributed by atoms with Gasteiger partial charge in [0.05, 0.1) is 21.9 Å². The molecule has 0 unspecified atom stereocenters. The molecule has 1 aromatic heterocycles. The number of hydrogen-bond donors (Lipinski definition) is 1. The molecule has 19 heavy (non-hydrogen) atoms. The molecule has 0 fully saturated rings. The summed E-state index contributed by atoms with van der Waals surface area (Å²) in [7, 11) is 0. The van der Waals surface area contributed by atoms with Gasteiger partial charge in [0.1, 0.15) is 5.60 Å². The molecule has 5 heteroatoms. The van der Waals surface area contributed by atoms with Crippen molar-refractivity contribution in [1.29, 1.82) is 0 Å². The van der Waals surface area contributed by atoms with E-state index in [1.165, 1.54) is 0 Å². The zero-order valence-electron chi connectivity index (χ0n) is 10.7.